The lowest BCUT2D eigenvalue weighted by Crippen LogP contribution is -2.01. The number of aromatic nitrogens is 3. The van der Waals surface area contributed by atoms with Gasteiger partial charge >= 0.3 is 0 Å². The molecule has 0 unspecified atom stereocenters. The number of rotatable bonds is 5. The van der Waals surface area contributed by atoms with E-state index in [-0.39, 0.29) is 0 Å². The SMILES string of the molecule is c1ccc(-c2nc(-c3ccccc3-c3cccc(-c4cc5ccc6cccc7c8cccc9ccc%10cccc(c(c4)c5c67)c%10c98)c3)nc(-c3cccc4sc5ccccc5c34)n2)cc1. The summed E-state index contributed by atoms with van der Waals surface area (Å²) in [5.41, 5.74) is 7.37. The van der Waals surface area contributed by atoms with E-state index in [9.17, 15) is 0 Å². The van der Waals surface area contributed by atoms with Crippen molar-refractivity contribution in [3.05, 3.63) is 212 Å². The van der Waals surface area contributed by atoms with Gasteiger partial charge in [-0.2, -0.15) is 0 Å². The maximum Gasteiger partial charge on any atom is 0.164 e. The lowest BCUT2D eigenvalue weighted by atomic mass is 9.86. The minimum Gasteiger partial charge on any atom is -0.208 e. The van der Waals surface area contributed by atoms with Crippen LogP contribution in [0, 0.1) is 0 Å². The molecule has 14 rings (SSSR count). The summed E-state index contributed by atoms with van der Waals surface area (Å²) < 4.78 is 2.46. The molecule has 2 aromatic heterocycles. The second-order valence-corrected chi connectivity index (χ2v) is 18.1. The fourth-order valence-electron chi connectivity index (χ4n) is 10.5. The first-order valence-electron chi connectivity index (χ1n) is 22.1. The Hall–Kier alpha value is -8.31. The Kier molecular flexibility index (Phi) is 7.85. The zero-order valence-electron chi connectivity index (χ0n) is 35.0. The number of benzene rings is 11. The van der Waals surface area contributed by atoms with E-state index in [2.05, 4.69) is 194 Å². The monoisotopic (exact) mass is 841 g/mol. The molecule has 12 aromatic carbocycles. The summed E-state index contributed by atoms with van der Waals surface area (Å²) in [7, 11) is 0. The van der Waals surface area contributed by atoms with Crippen LogP contribution in [0.5, 0.6) is 0 Å². The van der Waals surface area contributed by atoms with E-state index in [0.29, 0.717) is 17.5 Å². The molecule has 0 radical (unpaired) electrons. The Bertz CT molecular complexity index is 4240. The fourth-order valence-corrected chi connectivity index (χ4v) is 11.7. The van der Waals surface area contributed by atoms with E-state index in [1.165, 1.54) is 90.4 Å². The van der Waals surface area contributed by atoms with Crippen molar-refractivity contribution in [3.63, 3.8) is 0 Å². The van der Waals surface area contributed by atoms with Crippen LogP contribution >= 0.6 is 11.3 Å². The van der Waals surface area contributed by atoms with E-state index in [0.717, 1.165) is 33.4 Å². The molecule has 0 aliphatic carbocycles. The summed E-state index contributed by atoms with van der Waals surface area (Å²) in [5, 5.41) is 17.7. The van der Waals surface area contributed by atoms with Gasteiger partial charge in [0.1, 0.15) is 0 Å². The number of thiophene rings is 1. The third-order valence-corrected chi connectivity index (χ3v) is 14.5. The predicted molar refractivity (Wildman–Crippen MR) is 276 cm³/mol. The maximum atomic E-state index is 5.34. The van der Waals surface area contributed by atoms with Crippen LogP contribution in [0.4, 0.5) is 0 Å². The van der Waals surface area contributed by atoms with Crippen LogP contribution in [0.1, 0.15) is 0 Å². The fraction of sp³-hybridized carbons (Fsp3) is 0. The third-order valence-electron chi connectivity index (χ3n) is 13.4. The average Bonchev–Trinajstić information content (AvgIpc) is 3.76. The molecular formula is C61H35N3S. The van der Waals surface area contributed by atoms with Crippen LogP contribution in [0.15, 0.2) is 212 Å². The first kappa shape index (κ1) is 36.2. The highest BCUT2D eigenvalue weighted by Gasteiger charge is 2.20. The molecule has 65 heavy (non-hydrogen) atoms. The standard InChI is InChI=1S/C61H35N3S/c1-2-13-39(14-3-1)59-62-60(64-61(63-59)50-26-12-28-53-58(50)49-22-6-7-27-52(49)65-53)48-21-5-4-20-44(48)41-19-8-18-40(33-41)43-34-42-32-31-38-16-10-24-46-45-23-9-15-36-29-30-37-17-11-25-47(56(37)54(36)45)51(35-43)57(42)55(38)46/h1-35H. The Morgan fingerprint density at radius 2 is 0.738 bits per heavy atom. The summed E-state index contributed by atoms with van der Waals surface area (Å²) in [6, 6.07) is 77.1. The summed E-state index contributed by atoms with van der Waals surface area (Å²) in [5.74, 6) is 1.94. The van der Waals surface area contributed by atoms with E-state index in [4.69, 9.17) is 15.0 Å². The highest BCUT2D eigenvalue weighted by atomic mass is 32.1. The van der Waals surface area contributed by atoms with Gasteiger partial charge in [-0.05, 0) is 117 Å². The van der Waals surface area contributed by atoms with Gasteiger partial charge in [0.2, 0.25) is 0 Å². The zero-order chi connectivity index (χ0) is 42.6. The molecule has 0 fully saturated rings. The van der Waals surface area contributed by atoms with Gasteiger partial charge in [-0.3, -0.25) is 0 Å². The molecule has 300 valence electrons. The second-order valence-electron chi connectivity index (χ2n) is 17.0. The van der Waals surface area contributed by atoms with Gasteiger partial charge in [0.15, 0.2) is 17.5 Å². The van der Waals surface area contributed by atoms with Gasteiger partial charge in [-0.1, -0.05) is 182 Å². The molecule has 0 saturated heterocycles. The van der Waals surface area contributed by atoms with E-state index >= 15 is 0 Å². The number of nitrogens with zero attached hydrogens (tertiary/aromatic N) is 3. The van der Waals surface area contributed by atoms with Crippen molar-refractivity contribution in [3.8, 4) is 56.4 Å². The maximum absolute atomic E-state index is 5.34. The largest absolute Gasteiger partial charge is 0.208 e. The third kappa shape index (κ3) is 5.58. The normalized spacial score (nSPS) is 12.0. The van der Waals surface area contributed by atoms with Crippen LogP contribution in [-0.4, -0.2) is 15.0 Å². The Morgan fingerprint density at radius 3 is 1.48 bits per heavy atom. The molecule has 0 spiro atoms. The van der Waals surface area contributed by atoms with Crippen molar-refractivity contribution >= 4 is 96.1 Å². The van der Waals surface area contributed by atoms with Crippen molar-refractivity contribution < 1.29 is 0 Å². The van der Waals surface area contributed by atoms with Crippen LogP contribution in [0.2, 0.25) is 0 Å². The minimum atomic E-state index is 0.638. The van der Waals surface area contributed by atoms with Gasteiger partial charge < -0.3 is 0 Å². The molecule has 0 saturated carbocycles. The molecule has 0 atom stereocenters. The molecule has 2 heterocycles. The highest BCUT2D eigenvalue weighted by molar-refractivity contribution is 7.25. The summed E-state index contributed by atoms with van der Waals surface area (Å²) in [6.07, 6.45) is 0. The molecule has 0 aliphatic rings. The van der Waals surface area contributed by atoms with Crippen molar-refractivity contribution in [2.24, 2.45) is 0 Å². The van der Waals surface area contributed by atoms with Crippen molar-refractivity contribution in [2.45, 2.75) is 0 Å². The summed E-state index contributed by atoms with van der Waals surface area (Å²) in [6.45, 7) is 0. The van der Waals surface area contributed by atoms with E-state index in [1.54, 1.807) is 11.3 Å². The van der Waals surface area contributed by atoms with Crippen LogP contribution in [-0.2, 0) is 0 Å². The molecule has 0 amide bonds. The average molecular weight is 842 g/mol. The lowest BCUT2D eigenvalue weighted by Gasteiger charge is -2.17. The van der Waals surface area contributed by atoms with Gasteiger partial charge in [0.05, 0.1) is 0 Å². The van der Waals surface area contributed by atoms with Gasteiger partial charge in [-0.15, -0.1) is 11.3 Å². The first-order valence-corrected chi connectivity index (χ1v) is 22.9. The zero-order valence-corrected chi connectivity index (χ0v) is 35.8. The van der Waals surface area contributed by atoms with Crippen LogP contribution < -0.4 is 0 Å². The number of hydrogen-bond donors (Lipinski definition) is 0. The van der Waals surface area contributed by atoms with Crippen LogP contribution in [0.25, 0.3) is 141 Å². The van der Waals surface area contributed by atoms with Gasteiger partial charge in [0.25, 0.3) is 0 Å². The summed E-state index contributed by atoms with van der Waals surface area (Å²) in [4.78, 5) is 15.8. The first-order chi connectivity index (χ1) is 32.2. The lowest BCUT2D eigenvalue weighted by molar-refractivity contribution is 1.08. The molecular weight excluding hydrogens is 807 g/mol. The summed E-state index contributed by atoms with van der Waals surface area (Å²) >= 11 is 1.80. The molecule has 4 heteroatoms. The van der Waals surface area contributed by atoms with E-state index in [1.807, 2.05) is 18.2 Å². The molecule has 3 nitrogen and oxygen atoms in total. The minimum absolute atomic E-state index is 0.638. The van der Waals surface area contributed by atoms with Gasteiger partial charge in [-0.25, -0.2) is 15.0 Å². The van der Waals surface area contributed by atoms with Crippen molar-refractivity contribution in [1.29, 1.82) is 0 Å². The number of hydrogen-bond acceptors (Lipinski definition) is 4. The topological polar surface area (TPSA) is 38.7 Å². The van der Waals surface area contributed by atoms with E-state index < -0.39 is 0 Å². The second kappa shape index (κ2) is 14.1. The van der Waals surface area contributed by atoms with Crippen molar-refractivity contribution in [1.82, 2.24) is 15.0 Å². The highest BCUT2D eigenvalue weighted by Crippen LogP contribution is 2.45. The quantitative estimate of drug-likeness (QED) is 0.162. The molecule has 0 N–H and O–H groups in total. The van der Waals surface area contributed by atoms with Crippen LogP contribution in [0.3, 0.4) is 0 Å². The van der Waals surface area contributed by atoms with Gasteiger partial charge in [0, 0.05) is 36.9 Å². The molecule has 0 bridgehead atoms. The van der Waals surface area contributed by atoms with Crippen molar-refractivity contribution in [2.75, 3.05) is 0 Å². The molecule has 0 aliphatic heterocycles. The predicted octanol–water partition coefficient (Wildman–Crippen LogP) is 16.9. The Morgan fingerprint density at radius 1 is 0.246 bits per heavy atom. The Balaban J connectivity index is 0.984. The molecule has 14 aromatic rings. The Labute approximate surface area is 377 Å². The number of fused-ring (bicyclic) bond motifs is 5. The smallest absolute Gasteiger partial charge is 0.164 e.